The fraction of sp³-hybridized carbons (Fsp3) is 0.750. The first-order valence-corrected chi connectivity index (χ1v) is 4.03. The maximum Gasteiger partial charge on any atom is 0.413 e. The summed E-state index contributed by atoms with van der Waals surface area (Å²) >= 11 is 0. The second-order valence-electron chi connectivity index (χ2n) is 2.88. The van der Waals surface area contributed by atoms with Crippen molar-refractivity contribution in [2.45, 2.75) is 12.6 Å². The zero-order valence-corrected chi connectivity index (χ0v) is 6.88. The Morgan fingerprint density at radius 1 is 1.00 bits per heavy atom. The second-order valence-corrected chi connectivity index (χ2v) is 2.88. The minimum absolute atomic E-state index is 0.444. The normalized spacial score (nSPS) is 29.2. The lowest BCUT2D eigenvalue weighted by atomic mass is 10.3. The molecule has 0 saturated carbocycles. The quantitative estimate of drug-likeness (QED) is 0.502. The zero-order valence-electron chi connectivity index (χ0n) is 6.88. The van der Waals surface area contributed by atoms with Crippen LogP contribution >= 0.6 is 0 Å². The minimum Gasteiger partial charge on any atom is -0.303 e. The van der Waals surface area contributed by atoms with E-state index in [0.717, 1.165) is 12.0 Å². The molecule has 68 valence electrons. The summed E-state index contributed by atoms with van der Waals surface area (Å²) in [5.41, 5.74) is 0.901. The summed E-state index contributed by atoms with van der Waals surface area (Å²) in [5.74, 6) is 0. The molecule has 4 heteroatoms. The molecule has 1 spiro atoms. The highest BCUT2D eigenvalue weighted by Gasteiger charge is 2.40. The molecule has 2 aliphatic heterocycles. The summed E-state index contributed by atoms with van der Waals surface area (Å²) in [5, 5.41) is 0. The van der Waals surface area contributed by atoms with Crippen molar-refractivity contribution >= 4 is 0 Å². The van der Waals surface area contributed by atoms with E-state index in [1.54, 1.807) is 0 Å². The summed E-state index contributed by atoms with van der Waals surface area (Å²) in [6, 6.07) is 0. The molecule has 2 aliphatic rings. The Morgan fingerprint density at radius 2 is 1.58 bits per heavy atom. The molecule has 0 aliphatic carbocycles. The van der Waals surface area contributed by atoms with Crippen LogP contribution in [0.2, 0.25) is 0 Å². The molecule has 2 fully saturated rings. The van der Waals surface area contributed by atoms with Crippen LogP contribution in [0.5, 0.6) is 0 Å². The monoisotopic (exact) mass is 172 g/mol. The molecule has 2 saturated heterocycles. The van der Waals surface area contributed by atoms with Crippen LogP contribution < -0.4 is 0 Å². The SMILES string of the molecule is C=C1COC2(OCCCO2)OC1. The maximum absolute atomic E-state index is 5.25. The molecular formula is C8H12O4. The van der Waals surface area contributed by atoms with Gasteiger partial charge in [-0.3, -0.25) is 9.47 Å². The van der Waals surface area contributed by atoms with Crippen molar-refractivity contribution in [1.82, 2.24) is 0 Å². The van der Waals surface area contributed by atoms with Crippen molar-refractivity contribution in [3.05, 3.63) is 12.2 Å². The van der Waals surface area contributed by atoms with E-state index in [1.807, 2.05) is 0 Å². The van der Waals surface area contributed by atoms with Crippen LogP contribution in [0.4, 0.5) is 0 Å². The molecule has 4 nitrogen and oxygen atoms in total. The zero-order chi connectivity index (χ0) is 8.44. The van der Waals surface area contributed by atoms with E-state index in [-0.39, 0.29) is 0 Å². The van der Waals surface area contributed by atoms with E-state index in [2.05, 4.69) is 6.58 Å². The van der Waals surface area contributed by atoms with Crippen molar-refractivity contribution in [1.29, 1.82) is 0 Å². The van der Waals surface area contributed by atoms with Gasteiger partial charge in [0.2, 0.25) is 0 Å². The summed E-state index contributed by atoms with van der Waals surface area (Å²) in [6.07, 6.45) is -0.338. The first-order valence-electron chi connectivity index (χ1n) is 4.03. The largest absolute Gasteiger partial charge is 0.413 e. The molecule has 0 aromatic carbocycles. The van der Waals surface area contributed by atoms with Gasteiger partial charge in [-0.1, -0.05) is 6.58 Å². The Morgan fingerprint density at radius 3 is 2.17 bits per heavy atom. The van der Waals surface area contributed by atoms with E-state index in [9.17, 15) is 0 Å². The summed E-state index contributed by atoms with van der Waals surface area (Å²) in [7, 11) is 0. The molecule has 0 radical (unpaired) electrons. The fourth-order valence-electron chi connectivity index (χ4n) is 1.13. The van der Waals surface area contributed by atoms with Gasteiger partial charge < -0.3 is 9.47 Å². The molecule has 2 heterocycles. The smallest absolute Gasteiger partial charge is 0.303 e. The minimum atomic E-state index is -1.22. The van der Waals surface area contributed by atoms with Gasteiger partial charge in [0, 0.05) is 0 Å². The maximum atomic E-state index is 5.25. The Labute approximate surface area is 71.0 Å². The van der Waals surface area contributed by atoms with Crippen LogP contribution in [-0.2, 0) is 18.9 Å². The lowest BCUT2D eigenvalue weighted by Crippen LogP contribution is -2.49. The van der Waals surface area contributed by atoms with Gasteiger partial charge in [-0.15, -0.1) is 0 Å². The second kappa shape index (κ2) is 3.14. The molecular weight excluding hydrogens is 160 g/mol. The topological polar surface area (TPSA) is 36.9 Å². The van der Waals surface area contributed by atoms with Gasteiger partial charge in [-0.05, 0) is 12.0 Å². The Balaban J connectivity index is 1.96. The van der Waals surface area contributed by atoms with E-state index in [1.165, 1.54) is 0 Å². The van der Waals surface area contributed by atoms with Gasteiger partial charge in [0.1, 0.15) is 0 Å². The highest BCUT2D eigenvalue weighted by molar-refractivity contribution is 4.96. The highest BCUT2D eigenvalue weighted by Crippen LogP contribution is 2.26. The summed E-state index contributed by atoms with van der Waals surface area (Å²) in [6.45, 7) is 5.86. The lowest BCUT2D eigenvalue weighted by molar-refractivity contribution is -0.517. The van der Waals surface area contributed by atoms with E-state index >= 15 is 0 Å². The number of hydrogen-bond acceptors (Lipinski definition) is 4. The first kappa shape index (κ1) is 8.19. The number of rotatable bonds is 0. The van der Waals surface area contributed by atoms with Crippen LogP contribution in [0.25, 0.3) is 0 Å². The predicted molar refractivity (Wildman–Crippen MR) is 40.3 cm³/mol. The van der Waals surface area contributed by atoms with Crippen LogP contribution in [-0.4, -0.2) is 32.6 Å². The average Bonchev–Trinajstić information content (AvgIpc) is 2.13. The van der Waals surface area contributed by atoms with Crippen molar-refractivity contribution in [3.8, 4) is 0 Å². The predicted octanol–water partition coefficient (Wildman–Crippen LogP) is 0.638. The van der Waals surface area contributed by atoms with Crippen LogP contribution in [0.1, 0.15) is 6.42 Å². The Kier molecular flexibility index (Phi) is 2.14. The standard InChI is InChI=1S/C8H12O4/c1-7-5-11-8(12-6-7)9-3-2-4-10-8/h1-6H2. The Hall–Kier alpha value is -0.420. The third-order valence-electron chi connectivity index (χ3n) is 1.75. The van der Waals surface area contributed by atoms with Gasteiger partial charge in [0.25, 0.3) is 0 Å². The Bertz CT molecular complexity index is 171. The van der Waals surface area contributed by atoms with E-state index < -0.39 is 6.16 Å². The highest BCUT2D eigenvalue weighted by atomic mass is 17.0. The van der Waals surface area contributed by atoms with E-state index in [0.29, 0.717) is 26.4 Å². The van der Waals surface area contributed by atoms with Gasteiger partial charge in [0.05, 0.1) is 26.4 Å². The van der Waals surface area contributed by atoms with Crippen LogP contribution in [0.3, 0.4) is 0 Å². The van der Waals surface area contributed by atoms with Crippen molar-refractivity contribution in [2.24, 2.45) is 0 Å². The van der Waals surface area contributed by atoms with E-state index in [4.69, 9.17) is 18.9 Å². The molecule has 0 unspecified atom stereocenters. The third kappa shape index (κ3) is 1.51. The summed E-state index contributed by atoms with van der Waals surface area (Å²) < 4.78 is 21.0. The van der Waals surface area contributed by atoms with Gasteiger partial charge in [0.15, 0.2) is 0 Å². The van der Waals surface area contributed by atoms with Gasteiger partial charge in [-0.2, -0.15) is 0 Å². The number of hydrogen-bond donors (Lipinski definition) is 0. The molecule has 0 atom stereocenters. The van der Waals surface area contributed by atoms with Gasteiger partial charge in [-0.25, -0.2) is 0 Å². The van der Waals surface area contributed by atoms with Crippen LogP contribution in [0, 0.1) is 0 Å². The number of ether oxygens (including phenoxy) is 4. The average molecular weight is 172 g/mol. The van der Waals surface area contributed by atoms with Gasteiger partial charge >= 0.3 is 6.16 Å². The molecule has 0 N–H and O–H groups in total. The molecule has 0 aromatic heterocycles. The fourth-order valence-corrected chi connectivity index (χ4v) is 1.13. The third-order valence-corrected chi connectivity index (χ3v) is 1.75. The van der Waals surface area contributed by atoms with Crippen LogP contribution in [0.15, 0.2) is 12.2 Å². The van der Waals surface area contributed by atoms with Crippen molar-refractivity contribution in [2.75, 3.05) is 26.4 Å². The molecule has 0 aromatic rings. The summed E-state index contributed by atoms with van der Waals surface area (Å²) in [4.78, 5) is 0. The van der Waals surface area contributed by atoms with Crippen molar-refractivity contribution in [3.63, 3.8) is 0 Å². The lowest BCUT2D eigenvalue weighted by Gasteiger charge is -2.38. The molecule has 0 amide bonds. The first-order chi connectivity index (χ1) is 5.81. The van der Waals surface area contributed by atoms with Crippen molar-refractivity contribution < 1.29 is 18.9 Å². The molecule has 0 bridgehead atoms. The molecule has 2 rings (SSSR count). The molecule has 12 heavy (non-hydrogen) atoms.